The van der Waals surface area contributed by atoms with Crippen LogP contribution < -0.4 is 16.2 Å². The zero-order valence-electron chi connectivity index (χ0n) is 9.39. The van der Waals surface area contributed by atoms with Gasteiger partial charge < -0.3 is 16.2 Å². The van der Waals surface area contributed by atoms with Gasteiger partial charge in [-0.2, -0.15) is 0 Å². The molecule has 4 N–H and O–H groups in total. The molecule has 0 saturated carbocycles. The number of para-hydroxylation sites is 1. The average Bonchev–Trinajstić information content (AvgIpc) is 2.32. The van der Waals surface area contributed by atoms with Gasteiger partial charge in [0.25, 0.3) is 5.91 Å². The Morgan fingerprint density at radius 1 is 1.11 bits per heavy atom. The van der Waals surface area contributed by atoms with Crippen molar-refractivity contribution in [2.24, 2.45) is 5.73 Å². The molecule has 0 unspecified atom stereocenters. The maximum Gasteiger partial charge on any atom is 0.252 e. The van der Waals surface area contributed by atoms with Crippen LogP contribution in [0.3, 0.4) is 0 Å². The zero-order valence-corrected chi connectivity index (χ0v) is 9.39. The van der Waals surface area contributed by atoms with E-state index in [0.29, 0.717) is 5.69 Å². The van der Waals surface area contributed by atoms with Crippen molar-refractivity contribution < 1.29 is 13.9 Å². The lowest BCUT2D eigenvalue weighted by Gasteiger charge is -2.10. The van der Waals surface area contributed by atoms with Crippen LogP contribution in [0.2, 0.25) is 0 Å². The molecule has 2 aromatic carbocycles. The van der Waals surface area contributed by atoms with E-state index in [1.165, 1.54) is 36.4 Å². The number of primary amides is 1. The molecular formula is C13H11FN2O2. The van der Waals surface area contributed by atoms with Gasteiger partial charge in [0.1, 0.15) is 5.75 Å². The van der Waals surface area contributed by atoms with Crippen LogP contribution in [0.4, 0.5) is 10.1 Å². The molecule has 2 aromatic rings. The Bertz CT molecular complexity index is 599. The van der Waals surface area contributed by atoms with Gasteiger partial charge in [0, 0.05) is 11.8 Å². The summed E-state index contributed by atoms with van der Waals surface area (Å²) in [4.78, 5) is 11.2. The van der Waals surface area contributed by atoms with Crippen LogP contribution in [-0.2, 0) is 0 Å². The molecule has 0 radical (unpaired) electrons. The summed E-state index contributed by atoms with van der Waals surface area (Å²) in [7, 11) is 0. The van der Waals surface area contributed by atoms with Gasteiger partial charge in [0.2, 0.25) is 0 Å². The highest BCUT2D eigenvalue weighted by molar-refractivity contribution is 5.96. The number of rotatable bonds is 3. The van der Waals surface area contributed by atoms with E-state index in [0.717, 1.165) is 0 Å². The van der Waals surface area contributed by atoms with Crippen molar-refractivity contribution in [3.63, 3.8) is 0 Å². The van der Waals surface area contributed by atoms with Crippen LogP contribution in [-0.4, -0.2) is 5.91 Å². The van der Waals surface area contributed by atoms with Gasteiger partial charge in [-0.1, -0.05) is 12.1 Å². The first-order valence-electron chi connectivity index (χ1n) is 5.19. The minimum absolute atomic E-state index is 0.00519. The number of anilines is 1. The van der Waals surface area contributed by atoms with Crippen LogP contribution >= 0.6 is 0 Å². The predicted molar refractivity (Wildman–Crippen MR) is 65.8 cm³/mol. The number of nitrogens with two attached hydrogens (primary N) is 2. The number of halogens is 1. The fourth-order valence-electron chi connectivity index (χ4n) is 1.47. The van der Waals surface area contributed by atoms with Crippen molar-refractivity contribution in [2.45, 2.75) is 0 Å². The summed E-state index contributed by atoms with van der Waals surface area (Å²) in [6, 6.07) is 10.2. The molecule has 0 aromatic heterocycles. The van der Waals surface area contributed by atoms with Gasteiger partial charge in [-0.25, -0.2) is 4.39 Å². The minimum Gasteiger partial charge on any atom is -0.453 e. The van der Waals surface area contributed by atoms with Crippen molar-refractivity contribution in [2.75, 3.05) is 5.73 Å². The molecule has 0 bridgehead atoms. The van der Waals surface area contributed by atoms with Gasteiger partial charge in [-0.15, -0.1) is 0 Å². The van der Waals surface area contributed by atoms with Gasteiger partial charge in [-0.05, 0) is 24.3 Å². The number of carbonyl (C=O) groups is 1. The van der Waals surface area contributed by atoms with Crippen LogP contribution in [0, 0.1) is 5.82 Å². The fraction of sp³-hybridized carbons (Fsp3) is 0. The van der Waals surface area contributed by atoms with E-state index in [2.05, 4.69) is 0 Å². The largest absolute Gasteiger partial charge is 0.453 e. The normalized spacial score (nSPS) is 10.1. The summed E-state index contributed by atoms with van der Waals surface area (Å²) in [6.07, 6.45) is 0. The second kappa shape index (κ2) is 4.75. The molecule has 0 aliphatic heterocycles. The van der Waals surface area contributed by atoms with Gasteiger partial charge >= 0.3 is 0 Å². The number of benzene rings is 2. The molecule has 2 rings (SSSR count). The molecule has 0 aliphatic rings. The molecular weight excluding hydrogens is 235 g/mol. The molecule has 0 spiro atoms. The first-order valence-corrected chi connectivity index (χ1v) is 5.19. The van der Waals surface area contributed by atoms with Crippen LogP contribution in [0.5, 0.6) is 11.5 Å². The first kappa shape index (κ1) is 11.9. The molecule has 92 valence electrons. The van der Waals surface area contributed by atoms with Crippen molar-refractivity contribution in [1.29, 1.82) is 0 Å². The molecule has 0 aliphatic carbocycles. The van der Waals surface area contributed by atoms with E-state index in [-0.39, 0.29) is 17.1 Å². The summed E-state index contributed by atoms with van der Waals surface area (Å²) in [5.41, 5.74) is 11.3. The van der Waals surface area contributed by atoms with Crippen LogP contribution in [0.15, 0.2) is 42.5 Å². The lowest BCUT2D eigenvalue weighted by molar-refractivity contribution is 0.0998. The number of amides is 1. The Kier molecular flexibility index (Phi) is 3.14. The third-order valence-corrected chi connectivity index (χ3v) is 2.33. The monoisotopic (exact) mass is 246 g/mol. The Hall–Kier alpha value is -2.56. The lowest BCUT2D eigenvalue weighted by Crippen LogP contribution is -2.12. The summed E-state index contributed by atoms with van der Waals surface area (Å²) in [5.74, 6) is -1.06. The highest BCUT2D eigenvalue weighted by atomic mass is 19.1. The zero-order chi connectivity index (χ0) is 13.1. The van der Waals surface area contributed by atoms with E-state index >= 15 is 0 Å². The average molecular weight is 246 g/mol. The number of hydrogen-bond donors (Lipinski definition) is 2. The molecule has 0 atom stereocenters. The van der Waals surface area contributed by atoms with E-state index in [1.54, 1.807) is 6.07 Å². The lowest BCUT2D eigenvalue weighted by atomic mass is 10.1. The second-order valence-electron chi connectivity index (χ2n) is 3.65. The summed E-state index contributed by atoms with van der Waals surface area (Å²) in [6.45, 7) is 0. The van der Waals surface area contributed by atoms with E-state index in [9.17, 15) is 9.18 Å². The summed E-state index contributed by atoms with van der Waals surface area (Å²) < 4.78 is 18.8. The molecule has 0 heterocycles. The topological polar surface area (TPSA) is 78.3 Å². The van der Waals surface area contributed by atoms with Crippen molar-refractivity contribution >= 4 is 11.6 Å². The maximum absolute atomic E-state index is 13.4. The highest BCUT2D eigenvalue weighted by Gasteiger charge is 2.12. The van der Waals surface area contributed by atoms with E-state index in [4.69, 9.17) is 16.2 Å². The van der Waals surface area contributed by atoms with Gasteiger partial charge in [0.05, 0.1) is 5.56 Å². The number of hydrogen-bond acceptors (Lipinski definition) is 3. The molecule has 0 saturated heterocycles. The minimum atomic E-state index is -0.665. The molecule has 1 amide bonds. The summed E-state index contributed by atoms with van der Waals surface area (Å²) in [5, 5.41) is 0. The predicted octanol–water partition coefficient (Wildman–Crippen LogP) is 2.30. The molecule has 4 nitrogen and oxygen atoms in total. The van der Waals surface area contributed by atoms with Crippen LogP contribution in [0.25, 0.3) is 0 Å². The fourth-order valence-corrected chi connectivity index (χ4v) is 1.47. The highest BCUT2D eigenvalue weighted by Crippen LogP contribution is 2.28. The van der Waals surface area contributed by atoms with Crippen LogP contribution in [0.1, 0.15) is 10.4 Å². The SMILES string of the molecule is NC(=O)c1ccc(N)cc1Oc1ccccc1F. The smallest absolute Gasteiger partial charge is 0.252 e. The second-order valence-corrected chi connectivity index (χ2v) is 3.65. The first-order chi connectivity index (χ1) is 8.58. The maximum atomic E-state index is 13.4. The Labute approximate surface area is 103 Å². The van der Waals surface area contributed by atoms with E-state index < -0.39 is 11.7 Å². The number of carbonyl (C=O) groups excluding carboxylic acids is 1. The molecule has 0 fully saturated rings. The van der Waals surface area contributed by atoms with Gasteiger partial charge in [-0.3, -0.25) is 4.79 Å². The number of ether oxygens (including phenoxy) is 1. The van der Waals surface area contributed by atoms with Crippen molar-refractivity contribution in [3.05, 3.63) is 53.8 Å². The Morgan fingerprint density at radius 2 is 1.83 bits per heavy atom. The third-order valence-electron chi connectivity index (χ3n) is 2.33. The summed E-state index contributed by atoms with van der Waals surface area (Å²) >= 11 is 0. The van der Waals surface area contributed by atoms with Crippen molar-refractivity contribution in [1.82, 2.24) is 0 Å². The Morgan fingerprint density at radius 3 is 2.50 bits per heavy atom. The van der Waals surface area contributed by atoms with E-state index in [1.807, 2.05) is 0 Å². The quantitative estimate of drug-likeness (QED) is 0.815. The third kappa shape index (κ3) is 2.40. The molecule has 18 heavy (non-hydrogen) atoms. The van der Waals surface area contributed by atoms with Gasteiger partial charge in [0.15, 0.2) is 11.6 Å². The van der Waals surface area contributed by atoms with Crippen molar-refractivity contribution in [3.8, 4) is 11.5 Å². The standard InChI is InChI=1S/C13H11FN2O2/c14-10-3-1-2-4-11(10)18-12-7-8(15)5-6-9(12)13(16)17/h1-7H,15H2,(H2,16,17). The molecule has 5 heteroatoms. The number of nitrogen functional groups attached to an aromatic ring is 1. The Balaban J connectivity index is 2.42.